The lowest BCUT2D eigenvalue weighted by Gasteiger charge is -2.28. The number of imidazole rings is 1. The third-order valence-electron chi connectivity index (χ3n) is 6.20. The van der Waals surface area contributed by atoms with Gasteiger partial charge >= 0.3 is 0 Å². The Bertz CT molecular complexity index is 1240. The molecule has 35 heavy (non-hydrogen) atoms. The van der Waals surface area contributed by atoms with Crippen LogP contribution in [0, 0.1) is 0 Å². The number of amides is 1. The fourth-order valence-electron chi connectivity index (χ4n) is 4.33. The number of nitrogens with one attached hydrogen (secondary N) is 3. The number of anilines is 5. The molecule has 0 unspecified atom stereocenters. The van der Waals surface area contributed by atoms with Gasteiger partial charge in [0.15, 0.2) is 17.2 Å². The van der Waals surface area contributed by atoms with Gasteiger partial charge in [0.25, 0.3) is 5.91 Å². The van der Waals surface area contributed by atoms with Crippen LogP contribution in [0.4, 0.5) is 28.6 Å². The van der Waals surface area contributed by atoms with Crippen LogP contribution in [-0.4, -0.2) is 63.4 Å². The zero-order chi connectivity index (χ0) is 25.3. The van der Waals surface area contributed by atoms with Gasteiger partial charge in [-0.3, -0.25) is 4.79 Å². The van der Waals surface area contributed by atoms with Crippen molar-refractivity contribution in [1.29, 1.82) is 0 Å². The maximum Gasteiger partial charge on any atom is 0.271 e. The lowest BCUT2D eigenvalue weighted by Crippen LogP contribution is -2.33. The highest BCUT2D eigenvalue weighted by Gasteiger charge is 2.24. The number of nitrogens with zero attached hydrogens (tertiary/aromatic N) is 4. The quantitative estimate of drug-likeness (QED) is 0.141. The molecule has 1 aliphatic carbocycles. The molecule has 1 amide bonds. The minimum Gasteiger partial charge on any atom is -0.397 e. The summed E-state index contributed by atoms with van der Waals surface area (Å²) in [5, 5.41) is 13.8. The van der Waals surface area contributed by atoms with Gasteiger partial charge in [-0.1, -0.05) is 12.8 Å². The first-order chi connectivity index (χ1) is 16.6. The number of hydrogen-bond donors (Lipinski definition) is 5. The van der Waals surface area contributed by atoms with E-state index in [1.54, 1.807) is 32.3 Å². The summed E-state index contributed by atoms with van der Waals surface area (Å²) in [5.74, 6) is 6.24. The smallest absolute Gasteiger partial charge is 0.271 e. The highest BCUT2D eigenvalue weighted by Crippen LogP contribution is 2.37. The normalized spacial score (nSPS) is 14.3. The molecule has 0 atom stereocenters. The molecular formula is C22H29B2N9O2. The second-order valence-corrected chi connectivity index (χ2v) is 8.72. The second-order valence-electron chi connectivity index (χ2n) is 8.72. The molecule has 1 aromatic carbocycles. The number of benzene rings is 1. The Balaban J connectivity index is 1.77. The number of carbonyl (C=O) groups is 1. The molecular weight excluding hydrogens is 444 g/mol. The summed E-state index contributed by atoms with van der Waals surface area (Å²) in [6.07, 6.45) is 5.70. The van der Waals surface area contributed by atoms with Gasteiger partial charge in [-0.2, -0.15) is 0 Å². The van der Waals surface area contributed by atoms with Crippen molar-refractivity contribution in [3.8, 4) is 0 Å². The van der Waals surface area contributed by atoms with Crippen molar-refractivity contribution < 1.29 is 9.53 Å². The van der Waals surface area contributed by atoms with E-state index >= 15 is 0 Å². The Morgan fingerprint density at radius 1 is 1.26 bits per heavy atom. The average Bonchev–Trinajstić information content (AvgIpc) is 3.47. The van der Waals surface area contributed by atoms with Gasteiger partial charge < -0.3 is 31.4 Å². The van der Waals surface area contributed by atoms with Crippen molar-refractivity contribution in [1.82, 2.24) is 19.9 Å². The topological polar surface area (TPSA) is 148 Å². The second kappa shape index (κ2) is 9.67. The van der Waals surface area contributed by atoms with Crippen LogP contribution in [0.1, 0.15) is 41.7 Å². The van der Waals surface area contributed by atoms with Crippen LogP contribution >= 0.6 is 0 Å². The summed E-state index contributed by atoms with van der Waals surface area (Å²) in [6.45, 7) is 0. The van der Waals surface area contributed by atoms with Gasteiger partial charge in [0.2, 0.25) is 0 Å². The summed E-state index contributed by atoms with van der Waals surface area (Å²) in [6, 6.07) is 5.22. The van der Waals surface area contributed by atoms with Crippen LogP contribution in [-0.2, 0) is 10.1 Å². The molecule has 4 rings (SSSR count). The van der Waals surface area contributed by atoms with E-state index in [1.807, 2.05) is 0 Å². The van der Waals surface area contributed by atoms with Gasteiger partial charge in [0, 0.05) is 38.7 Å². The highest BCUT2D eigenvalue weighted by molar-refractivity contribution is 6.39. The Hall–Kier alpha value is -3.44. The monoisotopic (exact) mass is 473 g/mol. The molecule has 13 heteroatoms. The van der Waals surface area contributed by atoms with Gasteiger partial charge in [-0.05, 0) is 30.5 Å². The molecule has 0 spiro atoms. The van der Waals surface area contributed by atoms with E-state index in [4.69, 9.17) is 32.0 Å². The first-order valence-electron chi connectivity index (χ1n) is 11.3. The van der Waals surface area contributed by atoms with Gasteiger partial charge in [0.1, 0.15) is 15.7 Å². The Morgan fingerprint density at radius 3 is 2.60 bits per heavy atom. The van der Waals surface area contributed by atoms with Crippen LogP contribution in [0.5, 0.6) is 0 Å². The number of rotatable bonds is 8. The van der Waals surface area contributed by atoms with Crippen LogP contribution < -0.4 is 32.5 Å². The number of ether oxygens (including phenoxy) is 1. The van der Waals surface area contributed by atoms with E-state index < -0.39 is 5.40 Å². The number of hydrogen-bond acceptors (Lipinski definition) is 9. The molecule has 0 bridgehead atoms. The zero-order valence-corrected chi connectivity index (χ0v) is 20.1. The number of aromatic nitrogens is 3. The predicted molar refractivity (Wildman–Crippen MR) is 139 cm³/mol. The highest BCUT2D eigenvalue weighted by atomic mass is 16.5. The summed E-state index contributed by atoms with van der Waals surface area (Å²) in [5.41, 5.74) is 9.54. The fourth-order valence-corrected chi connectivity index (χ4v) is 4.33. The molecule has 0 aliphatic heterocycles. The zero-order valence-electron chi connectivity index (χ0n) is 20.1. The number of hydrazine groups is 1. The SMILES string of the molecule is [B]C([B])(OC)c1cc(N)c(N(C)N)c(Nc2cc(NC)c3ncc(C(=O)NC4CCCC4)n3n2)c1. The van der Waals surface area contributed by atoms with Crippen LogP contribution in [0.15, 0.2) is 24.4 Å². The largest absolute Gasteiger partial charge is 0.397 e. The number of fused-ring (bicyclic) bond motifs is 1. The van der Waals surface area contributed by atoms with Crippen molar-refractivity contribution in [2.45, 2.75) is 37.1 Å². The maximum absolute atomic E-state index is 13.0. The van der Waals surface area contributed by atoms with Crippen LogP contribution in [0.3, 0.4) is 0 Å². The predicted octanol–water partition coefficient (Wildman–Crippen LogP) is 1.17. The van der Waals surface area contributed by atoms with Crippen LogP contribution in [0.2, 0.25) is 0 Å². The molecule has 2 aromatic heterocycles. The van der Waals surface area contributed by atoms with Crippen molar-refractivity contribution >= 4 is 55.8 Å². The number of nitrogen functional groups attached to an aromatic ring is 1. The van der Waals surface area contributed by atoms with Crippen molar-refractivity contribution in [3.63, 3.8) is 0 Å². The summed E-state index contributed by atoms with van der Waals surface area (Å²) < 4.78 is 6.71. The molecule has 7 N–H and O–H groups in total. The third-order valence-corrected chi connectivity index (χ3v) is 6.20. The number of carbonyl (C=O) groups excluding carboxylic acids is 1. The molecule has 1 aliphatic rings. The van der Waals surface area contributed by atoms with Crippen molar-refractivity contribution in [3.05, 3.63) is 35.7 Å². The Morgan fingerprint density at radius 2 is 1.97 bits per heavy atom. The summed E-state index contributed by atoms with van der Waals surface area (Å²) in [7, 11) is 17.0. The fraction of sp³-hybridized carbons (Fsp3) is 0.409. The standard InChI is InChI=1S/C22H29B2N9O2/c1-27-16-10-18(30-15-9-12(22(23,24)35-3)8-14(25)19(15)32(2)26)31-33-17(11-28-20(16)33)21(34)29-13-6-4-5-7-13/h8-11,13,27H,4-7,25-26H2,1-3H3,(H,29,34)(H,30,31). The van der Waals surface area contributed by atoms with E-state index in [0.29, 0.717) is 45.5 Å². The number of nitrogens with two attached hydrogens (primary N) is 2. The van der Waals surface area contributed by atoms with Crippen LogP contribution in [0.25, 0.3) is 5.65 Å². The molecule has 1 fully saturated rings. The van der Waals surface area contributed by atoms with Crippen molar-refractivity contribution in [2.24, 2.45) is 5.84 Å². The first-order valence-corrected chi connectivity index (χ1v) is 11.3. The lowest BCUT2D eigenvalue weighted by molar-refractivity contribution is 0.0931. The molecule has 0 saturated heterocycles. The number of methoxy groups -OCH3 is 1. The van der Waals surface area contributed by atoms with E-state index in [1.165, 1.54) is 22.8 Å². The van der Waals surface area contributed by atoms with Gasteiger partial charge in [0.05, 0.1) is 28.9 Å². The van der Waals surface area contributed by atoms with Gasteiger partial charge in [-0.25, -0.2) is 15.3 Å². The maximum atomic E-state index is 13.0. The molecule has 3 aromatic rings. The lowest BCUT2D eigenvalue weighted by atomic mass is 9.61. The van der Waals surface area contributed by atoms with E-state index in [0.717, 1.165) is 25.7 Å². The van der Waals surface area contributed by atoms with E-state index in [2.05, 4.69) is 26.0 Å². The molecule has 11 nitrogen and oxygen atoms in total. The Kier molecular flexibility index (Phi) is 6.82. The third kappa shape index (κ3) is 4.87. The summed E-state index contributed by atoms with van der Waals surface area (Å²) in [4.78, 5) is 17.4. The van der Waals surface area contributed by atoms with Gasteiger partial charge in [-0.15, -0.1) is 5.10 Å². The first kappa shape index (κ1) is 24.7. The molecule has 2 heterocycles. The molecule has 1 saturated carbocycles. The Labute approximate surface area is 206 Å². The summed E-state index contributed by atoms with van der Waals surface area (Å²) >= 11 is 0. The average molecular weight is 473 g/mol. The molecule has 180 valence electrons. The van der Waals surface area contributed by atoms with Crippen molar-refractivity contribution in [2.75, 3.05) is 42.6 Å². The minimum atomic E-state index is -1.57. The minimum absolute atomic E-state index is 0.167. The van der Waals surface area contributed by atoms with E-state index in [9.17, 15) is 4.79 Å². The molecule has 4 radical (unpaired) electrons. The van der Waals surface area contributed by atoms with E-state index in [-0.39, 0.29) is 11.9 Å².